The van der Waals surface area contributed by atoms with Crippen molar-refractivity contribution in [2.75, 3.05) is 19.3 Å². The van der Waals surface area contributed by atoms with Crippen molar-refractivity contribution in [1.82, 2.24) is 4.81 Å². The fourth-order valence-electron chi connectivity index (χ4n) is 1.13. The van der Waals surface area contributed by atoms with Gasteiger partial charge < -0.3 is 14.9 Å². The molecule has 4 nitrogen and oxygen atoms in total. The summed E-state index contributed by atoms with van der Waals surface area (Å²) in [5, 5.41) is 19.4. The molecule has 1 heterocycles. The van der Waals surface area contributed by atoms with Gasteiger partial charge in [-0.05, 0) is 13.1 Å². The Bertz CT molecular complexity index is 188. The van der Waals surface area contributed by atoms with Gasteiger partial charge in [0.25, 0.3) is 0 Å². The van der Waals surface area contributed by atoms with Crippen LogP contribution in [0.4, 0.5) is 0 Å². The molecule has 1 aliphatic heterocycles. The van der Waals surface area contributed by atoms with E-state index >= 15 is 0 Å². The number of β-amino-alcohol motifs (C(OH)–C–C–N with tert-alkyl or cyclic N) is 1. The lowest BCUT2D eigenvalue weighted by Gasteiger charge is -2.31. The van der Waals surface area contributed by atoms with Crippen LogP contribution in [-0.2, 0) is 0 Å². The van der Waals surface area contributed by atoms with Crippen molar-refractivity contribution in [3.63, 3.8) is 0 Å². The molecule has 1 unspecified atom stereocenters. The van der Waals surface area contributed by atoms with Crippen LogP contribution in [0.1, 0.15) is 0 Å². The first kappa shape index (κ1) is 9.89. The molecule has 68 valence electrons. The molecule has 0 radical (unpaired) electrons. The molecule has 0 spiro atoms. The van der Waals surface area contributed by atoms with Gasteiger partial charge in [-0.25, -0.2) is 0 Å². The van der Waals surface area contributed by atoms with Gasteiger partial charge in [0.05, 0.1) is 12.6 Å². The second-order valence-electron chi connectivity index (χ2n) is 2.77. The van der Waals surface area contributed by atoms with Crippen molar-refractivity contribution in [3.05, 3.63) is 0 Å². The summed E-state index contributed by atoms with van der Waals surface area (Å²) in [4.78, 5) is 5.82. The van der Waals surface area contributed by atoms with E-state index in [-0.39, 0.29) is 0 Å². The molecule has 1 rings (SSSR count). The van der Waals surface area contributed by atoms with Crippen molar-refractivity contribution in [2.24, 2.45) is 4.99 Å². The fraction of sp³-hybridized carbons (Fsp3) is 0.833. The number of aliphatic hydroxyl groups is 1. The number of amidine groups is 1. The number of hydrogen-bond acceptors (Lipinski definition) is 5. The standard InChI is InChI=1S/C6H13BN2O2S/c1-7(11)9-4-5(10)3-8-6(9)12-2/h5,10-11H,3-4H2,1-2H3. The Balaban J connectivity index is 2.68. The van der Waals surface area contributed by atoms with E-state index in [9.17, 15) is 10.1 Å². The van der Waals surface area contributed by atoms with Crippen molar-refractivity contribution < 1.29 is 10.1 Å². The molecule has 12 heavy (non-hydrogen) atoms. The van der Waals surface area contributed by atoms with Crippen LogP contribution in [0, 0.1) is 0 Å². The van der Waals surface area contributed by atoms with Crippen LogP contribution in [0.2, 0.25) is 6.82 Å². The molecule has 0 saturated carbocycles. The summed E-state index contributed by atoms with van der Waals surface area (Å²) in [6.07, 6.45) is 1.46. The summed E-state index contributed by atoms with van der Waals surface area (Å²) < 4.78 is 0. The third-order valence-corrected chi connectivity index (χ3v) is 2.45. The number of hydrogen-bond donors (Lipinski definition) is 2. The summed E-state index contributed by atoms with van der Waals surface area (Å²) in [6.45, 7) is 2.58. The highest BCUT2D eigenvalue weighted by Crippen LogP contribution is 2.12. The first-order valence-electron chi connectivity index (χ1n) is 3.86. The second kappa shape index (κ2) is 4.16. The minimum atomic E-state index is -0.578. The van der Waals surface area contributed by atoms with E-state index in [1.807, 2.05) is 6.26 Å². The highest BCUT2D eigenvalue weighted by Gasteiger charge is 2.26. The zero-order valence-electron chi connectivity index (χ0n) is 7.27. The van der Waals surface area contributed by atoms with Crippen LogP contribution in [0.3, 0.4) is 0 Å². The Morgan fingerprint density at radius 2 is 2.42 bits per heavy atom. The Morgan fingerprint density at radius 3 is 2.92 bits per heavy atom. The van der Waals surface area contributed by atoms with Crippen LogP contribution < -0.4 is 0 Å². The molecule has 0 aromatic rings. The maximum absolute atomic E-state index is 9.32. The van der Waals surface area contributed by atoms with E-state index in [2.05, 4.69) is 4.99 Å². The van der Waals surface area contributed by atoms with Crippen molar-refractivity contribution in [3.8, 4) is 0 Å². The highest BCUT2D eigenvalue weighted by molar-refractivity contribution is 8.13. The number of aliphatic hydroxyl groups excluding tert-OH is 1. The molecular formula is C6H13BN2O2S. The predicted molar refractivity (Wildman–Crippen MR) is 52.4 cm³/mol. The minimum Gasteiger partial charge on any atom is -0.432 e. The monoisotopic (exact) mass is 188 g/mol. The lowest BCUT2D eigenvalue weighted by molar-refractivity contribution is 0.158. The van der Waals surface area contributed by atoms with Crippen molar-refractivity contribution in [2.45, 2.75) is 12.9 Å². The van der Waals surface area contributed by atoms with Gasteiger partial charge in [-0.15, -0.1) is 0 Å². The number of rotatable bonds is 1. The van der Waals surface area contributed by atoms with Gasteiger partial charge in [0, 0.05) is 6.54 Å². The fourth-order valence-corrected chi connectivity index (χ4v) is 1.80. The molecular weight excluding hydrogens is 175 g/mol. The summed E-state index contributed by atoms with van der Waals surface area (Å²) in [7, 11) is -0.578. The summed E-state index contributed by atoms with van der Waals surface area (Å²) in [5.74, 6) is 0. The van der Waals surface area contributed by atoms with E-state index in [0.29, 0.717) is 13.1 Å². The molecule has 0 aromatic heterocycles. The highest BCUT2D eigenvalue weighted by atomic mass is 32.2. The van der Waals surface area contributed by atoms with E-state index < -0.39 is 13.2 Å². The van der Waals surface area contributed by atoms with Crippen LogP contribution in [0.25, 0.3) is 0 Å². The largest absolute Gasteiger partial charge is 0.432 e. The zero-order valence-corrected chi connectivity index (χ0v) is 8.08. The molecule has 0 aliphatic carbocycles. The SMILES string of the molecule is CSC1=NCC(O)CN1B(C)O. The average Bonchev–Trinajstić information content (AvgIpc) is 2.04. The molecule has 0 amide bonds. The summed E-state index contributed by atoms with van der Waals surface area (Å²) in [5.41, 5.74) is 0. The smallest absolute Gasteiger partial charge is 0.411 e. The number of nitrogens with zero attached hydrogens (tertiary/aromatic N) is 2. The van der Waals surface area contributed by atoms with Crippen LogP contribution in [0.15, 0.2) is 4.99 Å². The van der Waals surface area contributed by atoms with E-state index in [0.717, 1.165) is 5.17 Å². The first-order chi connectivity index (χ1) is 5.65. The molecule has 0 bridgehead atoms. The summed E-state index contributed by atoms with van der Waals surface area (Å²) >= 11 is 1.49. The van der Waals surface area contributed by atoms with Gasteiger partial charge in [0.2, 0.25) is 0 Å². The normalized spacial score (nSPS) is 23.8. The van der Waals surface area contributed by atoms with Gasteiger partial charge >= 0.3 is 7.05 Å². The maximum atomic E-state index is 9.32. The number of aliphatic imine (C=N–C) groups is 1. The molecule has 0 aromatic carbocycles. The molecule has 0 saturated heterocycles. The molecule has 2 N–H and O–H groups in total. The summed E-state index contributed by atoms with van der Waals surface area (Å²) in [6, 6.07) is 0. The Kier molecular flexibility index (Phi) is 3.43. The molecule has 1 atom stereocenters. The predicted octanol–water partition coefficient (Wildman–Crippen LogP) is -0.508. The van der Waals surface area contributed by atoms with Gasteiger partial charge in [0.1, 0.15) is 5.17 Å². The Morgan fingerprint density at radius 1 is 1.75 bits per heavy atom. The van der Waals surface area contributed by atoms with Crippen LogP contribution >= 0.6 is 11.8 Å². The quantitative estimate of drug-likeness (QED) is 0.544. The lowest BCUT2D eigenvalue weighted by Crippen LogP contribution is -2.48. The van der Waals surface area contributed by atoms with Crippen molar-refractivity contribution >= 4 is 24.0 Å². The van der Waals surface area contributed by atoms with Gasteiger partial charge in [-0.3, -0.25) is 4.99 Å². The average molecular weight is 188 g/mol. The molecule has 1 aliphatic rings. The van der Waals surface area contributed by atoms with Crippen LogP contribution in [-0.4, -0.2) is 52.6 Å². The molecule has 6 heteroatoms. The minimum absolute atomic E-state index is 0.444. The lowest BCUT2D eigenvalue weighted by atomic mass is 9.85. The third-order valence-electron chi connectivity index (χ3n) is 1.72. The second-order valence-corrected chi connectivity index (χ2v) is 3.54. The van der Waals surface area contributed by atoms with Gasteiger partial charge in [-0.2, -0.15) is 0 Å². The Labute approximate surface area is 76.8 Å². The van der Waals surface area contributed by atoms with Crippen LogP contribution in [0.5, 0.6) is 0 Å². The van der Waals surface area contributed by atoms with E-state index in [1.165, 1.54) is 11.8 Å². The van der Waals surface area contributed by atoms with Crippen molar-refractivity contribution in [1.29, 1.82) is 0 Å². The first-order valence-corrected chi connectivity index (χ1v) is 5.09. The van der Waals surface area contributed by atoms with Gasteiger partial charge in [-0.1, -0.05) is 11.8 Å². The number of thioether (sulfide) groups is 1. The third kappa shape index (κ3) is 2.15. The van der Waals surface area contributed by atoms with Gasteiger partial charge in [0.15, 0.2) is 0 Å². The maximum Gasteiger partial charge on any atom is 0.411 e. The zero-order chi connectivity index (χ0) is 9.14. The van der Waals surface area contributed by atoms with E-state index in [4.69, 9.17) is 0 Å². The Hall–Kier alpha value is -0.195. The topological polar surface area (TPSA) is 56.1 Å². The molecule has 0 fully saturated rings. The van der Waals surface area contributed by atoms with E-state index in [1.54, 1.807) is 11.6 Å².